The first kappa shape index (κ1) is 21.7. The molecule has 0 atom stereocenters. The highest BCUT2D eigenvalue weighted by atomic mass is 32.2. The normalized spacial score (nSPS) is 11.0. The summed E-state index contributed by atoms with van der Waals surface area (Å²) in [5.74, 6) is 0.559. The van der Waals surface area contributed by atoms with Crippen molar-refractivity contribution in [3.8, 4) is 11.5 Å². The molecule has 0 unspecified atom stereocenters. The number of benzene rings is 2. The van der Waals surface area contributed by atoms with Crippen LogP contribution in [-0.4, -0.2) is 10.2 Å². The Morgan fingerprint density at radius 2 is 1.26 bits per heavy atom. The summed E-state index contributed by atoms with van der Waals surface area (Å²) in [6.45, 7) is 2.26. The van der Waals surface area contributed by atoms with Gasteiger partial charge in [-0.05, 0) is 36.6 Å². The SMILES string of the molecule is CCCCCCCCCCCCc1cccc(O)c1Sc1ccccc1O. The quantitative estimate of drug-likeness (QED) is 0.346. The Kier molecular flexibility index (Phi) is 10.2. The molecule has 0 heterocycles. The van der Waals surface area contributed by atoms with Gasteiger partial charge in [0.05, 0.1) is 9.79 Å². The second-order valence-corrected chi connectivity index (χ2v) is 8.32. The van der Waals surface area contributed by atoms with Gasteiger partial charge in [0.2, 0.25) is 0 Å². The van der Waals surface area contributed by atoms with E-state index in [-0.39, 0.29) is 5.75 Å². The molecule has 0 aromatic heterocycles. The number of aromatic hydroxyl groups is 2. The molecule has 0 aliphatic rings. The van der Waals surface area contributed by atoms with Crippen molar-refractivity contribution in [1.82, 2.24) is 0 Å². The van der Waals surface area contributed by atoms with Crippen LogP contribution in [0.4, 0.5) is 0 Å². The molecule has 2 aromatic rings. The van der Waals surface area contributed by atoms with Gasteiger partial charge < -0.3 is 10.2 Å². The molecule has 0 aliphatic heterocycles. The maximum atomic E-state index is 10.3. The van der Waals surface area contributed by atoms with Crippen molar-refractivity contribution >= 4 is 11.8 Å². The van der Waals surface area contributed by atoms with Gasteiger partial charge in [-0.25, -0.2) is 0 Å². The molecule has 0 saturated carbocycles. The molecule has 0 spiro atoms. The maximum Gasteiger partial charge on any atom is 0.129 e. The first-order chi connectivity index (χ1) is 13.2. The largest absolute Gasteiger partial charge is 0.507 e. The second kappa shape index (κ2) is 12.7. The Hall–Kier alpha value is -1.61. The molecule has 27 heavy (non-hydrogen) atoms. The Morgan fingerprint density at radius 1 is 0.667 bits per heavy atom. The molecule has 0 amide bonds. The fourth-order valence-corrected chi connectivity index (χ4v) is 4.36. The minimum absolute atomic E-state index is 0.260. The number of phenols is 2. The van der Waals surface area contributed by atoms with Gasteiger partial charge in [-0.15, -0.1) is 0 Å². The lowest BCUT2D eigenvalue weighted by molar-refractivity contribution is 0.458. The van der Waals surface area contributed by atoms with E-state index in [1.54, 1.807) is 12.1 Å². The fraction of sp³-hybridized carbons (Fsp3) is 0.500. The summed E-state index contributed by atoms with van der Waals surface area (Å²) in [5.41, 5.74) is 1.17. The second-order valence-electron chi connectivity index (χ2n) is 7.27. The standard InChI is InChI=1S/C24H34O2S/c1-2-3-4-5-6-7-8-9-10-11-15-20-16-14-18-22(26)24(20)27-23-19-13-12-17-21(23)25/h12-14,16-19,25-26H,2-11,15H2,1H3. The number of rotatable bonds is 13. The van der Waals surface area contributed by atoms with Gasteiger partial charge in [0.25, 0.3) is 0 Å². The third kappa shape index (κ3) is 7.88. The fourth-order valence-electron chi connectivity index (χ4n) is 3.34. The van der Waals surface area contributed by atoms with E-state index in [1.807, 2.05) is 24.3 Å². The summed E-state index contributed by atoms with van der Waals surface area (Å²) in [7, 11) is 0. The van der Waals surface area contributed by atoms with Crippen LogP contribution in [-0.2, 0) is 6.42 Å². The lowest BCUT2D eigenvalue weighted by Gasteiger charge is -2.12. The minimum atomic E-state index is 0.260. The highest BCUT2D eigenvalue weighted by Crippen LogP contribution is 2.41. The third-order valence-corrected chi connectivity index (χ3v) is 6.19. The van der Waals surface area contributed by atoms with Crippen LogP contribution in [0, 0.1) is 0 Å². The van der Waals surface area contributed by atoms with Gasteiger partial charge in [-0.2, -0.15) is 0 Å². The van der Waals surface area contributed by atoms with Gasteiger partial charge in [0, 0.05) is 0 Å². The maximum absolute atomic E-state index is 10.3. The van der Waals surface area contributed by atoms with Crippen molar-refractivity contribution in [1.29, 1.82) is 0 Å². The summed E-state index contributed by atoms with van der Waals surface area (Å²) >= 11 is 1.45. The van der Waals surface area contributed by atoms with Crippen LogP contribution >= 0.6 is 11.8 Å². The number of hydrogen-bond acceptors (Lipinski definition) is 3. The van der Waals surface area contributed by atoms with Crippen molar-refractivity contribution in [2.75, 3.05) is 0 Å². The predicted molar refractivity (Wildman–Crippen MR) is 116 cm³/mol. The molecule has 2 N–H and O–H groups in total. The molecule has 0 bridgehead atoms. The van der Waals surface area contributed by atoms with Crippen LogP contribution in [0.1, 0.15) is 76.7 Å². The van der Waals surface area contributed by atoms with Crippen molar-refractivity contribution in [2.45, 2.75) is 87.3 Å². The summed E-state index contributed by atoms with van der Waals surface area (Å²) in [4.78, 5) is 1.65. The van der Waals surface area contributed by atoms with E-state index in [2.05, 4.69) is 13.0 Å². The zero-order valence-corrected chi connectivity index (χ0v) is 17.4. The molecule has 3 heteroatoms. The Morgan fingerprint density at radius 3 is 1.93 bits per heavy atom. The van der Waals surface area contributed by atoms with E-state index in [0.717, 1.165) is 22.6 Å². The predicted octanol–water partition coefficient (Wildman–Crippen LogP) is 7.71. The number of hydrogen-bond donors (Lipinski definition) is 2. The molecule has 0 saturated heterocycles. The van der Waals surface area contributed by atoms with E-state index in [0.29, 0.717) is 5.75 Å². The van der Waals surface area contributed by atoms with Crippen LogP contribution in [0.2, 0.25) is 0 Å². The highest BCUT2D eigenvalue weighted by Gasteiger charge is 2.11. The van der Waals surface area contributed by atoms with E-state index in [9.17, 15) is 10.2 Å². The van der Waals surface area contributed by atoms with Crippen LogP contribution in [0.15, 0.2) is 52.3 Å². The average molecular weight is 387 g/mol. The minimum Gasteiger partial charge on any atom is -0.507 e. The van der Waals surface area contributed by atoms with Gasteiger partial charge in [0.1, 0.15) is 11.5 Å². The van der Waals surface area contributed by atoms with Gasteiger partial charge in [-0.3, -0.25) is 0 Å². The van der Waals surface area contributed by atoms with Crippen molar-refractivity contribution in [2.24, 2.45) is 0 Å². The van der Waals surface area contributed by atoms with Gasteiger partial charge >= 0.3 is 0 Å². The molecule has 2 aromatic carbocycles. The molecular weight excluding hydrogens is 352 g/mol. The summed E-state index contributed by atoms with van der Waals surface area (Å²) in [5, 5.41) is 20.3. The van der Waals surface area contributed by atoms with Crippen molar-refractivity contribution in [3.63, 3.8) is 0 Å². The topological polar surface area (TPSA) is 40.5 Å². The van der Waals surface area contributed by atoms with Crippen LogP contribution in [0.25, 0.3) is 0 Å². The number of unbranched alkanes of at least 4 members (excludes halogenated alkanes) is 9. The zero-order chi connectivity index (χ0) is 19.3. The molecule has 0 aliphatic carbocycles. The highest BCUT2D eigenvalue weighted by molar-refractivity contribution is 7.99. The smallest absolute Gasteiger partial charge is 0.129 e. The summed E-state index contributed by atoms with van der Waals surface area (Å²) in [6.07, 6.45) is 14.2. The van der Waals surface area contributed by atoms with E-state index in [4.69, 9.17) is 0 Å². The Labute approximate surface area is 169 Å². The first-order valence-electron chi connectivity index (χ1n) is 10.5. The third-order valence-electron chi connectivity index (χ3n) is 4.95. The van der Waals surface area contributed by atoms with E-state index >= 15 is 0 Å². The molecular formula is C24H34O2S. The Bertz CT molecular complexity index is 669. The number of aryl methyl sites for hydroxylation is 1. The molecule has 2 rings (SSSR count). The van der Waals surface area contributed by atoms with E-state index in [1.165, 1.54) is 75.1 Å². The van der Waals surface area contributed by atoms with Gasteiger partial charge in [0.15, 0.2) is 0 Å². The average Bonchev–Trinajstić information content (AvgIpc) is 2.67. The van der Waals surface area contributed by atoms with Crippen LogP contribution in [0.5, 0.6) is 11.5 Å². The van der Waals surface area contributed by atoms with Crippen LogP contribution < -0.4 is 0 Å². The van der Waals surface area contributed by atoms with E-state index < -0.39 is 0 Å². The molecule has 0 radical (unpaired) electrons. The number of para-hydroxylation sites is 1. The zero-order valence-electron chi connectivity index (χ0n) is 16.6. The summed E-state index contributed by atoms with van der Waals surface area (Å²) in [6, 6.07) is 13.0. The lowest BCUT2D eigenvalue weighted by Crippen LogP contribution is -1.91. The summed E-state index contributed by atoms with van der Waals surface area (Å²) < 4.78 is 0. The van der Waals surface area contributed by atoms with Crippen LogP contribution in [0.3, 0.4) is 0 Å². The first-order valence-corrected chi connectivity index (χ1v) is 11.3. The molecule has 148 valence electrons. The molecule has 2 nitrogen and oxygen atoms in total. The molecule has 0 fully saturated rings. The number of phenolic OH excluding ortho intramolecular Hbond substituents is 2. The van der Waals surface area contributed by atoms with Crippen molar-refractivity contribution in [3.05, 3.63) is 48.0 Å². The monoisotopic (exact) mass is 386 g/mol. The van der Waals surface area contributed by atoms with Crippen molar-refractivity contribution < 1.29 is 10.2 Å². The Balaban J connectivity index is 1.75. The van der Waals surface area contributed by atoms with Gasteiger partial charge in [-0.1, -0.05) is 101 Å². The lowest BCUT2D eigenvalue weighted by atomic mass is 10.0.